The smallest absolute Gasteiger partial charge is 0.0793 e. The predicted molar refractivity (Wildman–Crippen MR) is 85.5 cm³/mol. The molecule has 0 saturated carbocycles. The standard InChI is InChI=1S/C17H28N2O2/c1-14-5-4-6-15(2)17(14)13-18(3)11-16(20)12-19-7-9-21-10-8-19/h4-6,16,20H,7-13H2,1-3H3. The van der Waals surface area contributed by atoms with Crippen LogP contribution in [0.4, 0.5) is 0 Å². The average molecular weight is 292 g/mol. The Bertz CT molecular complexity index is 424. The second kappa shape index (κ2) is 7.90. The van der Waals surface area contributed by atoms with E-state index in [-0.39, 0.29) is 6.10 Å². The van der Waals surface area contributed by atoms with E-state index < -0.39 is 0 Å². The first-order valence-electron chi connectivity index (χ1n) is 7.78. The lowest BCUT2D eigenvalue weighted by atomic mass is 10.0. The van der Waals surface area contributed by atoms with Gasteiger partial charge < -0.3 is 9.84 Å². The van der Waals surface area contributed by atoms with Gasteiger partial charge >= 0.3 is 0 Å². The molecule has 1 aromatic carbocycles. The molecule has 0 spiro atoms. The number of likely N-dealkylation sites (N-methyl/N-ethyl adjacent to an activating group) is 1. The zero-order valence-electron chi connectivity index (χ0n) is 13.5. The van der Waals surface area contributed by atoms with E-state index in [1.54, 1.807) is 0 Å². The number of hydrogen-bond acceptors (Lipinski definition) is 4. The van der Waals surface area contributed by atoms with Crippen LogP contribution in [-0.2, 0) is 11.3 Å². The Kier molecular flexibility index (Phi) is 6.18. The topological polar surface area (TPSA) is 35.9 Å². The van der Waals surface area contributed by atoms with Crippen molar-refractivity contribution in [1.82, 2.24) is 9.80 Å². The maximum Gasteiger partial charge on any atom is 0.0793 e. The third-order valence-electron chi connectivity index (χ3n) is 4.17. The lowest BCUT2D eigenvalue weighted by molar-refractivity contribution is 0.00823. The molecule has 1 unspecified atom stereocenters. The van der Waals surface area contributed by atoms with Gasteiger partial charge in [0.25, 0.3) is 0 Å². The number of rotatable bonds is 6. The lowest BCUT2D eigenvalue weighted by Crippen LogP contribution is -2.44. The molecule has 0 amide bonds. The van der Waals surface area contributed by atoms with Crippen LogP contribution in [0.2, 0.25) is 0 Å². The van der Waals surface area contributed by atoms with Crippen LogP contribution in [0, 0.1) is 13.8 Å². The van der Waals surface area contributed by atoms with Crippen molar-refractivity contribution in [2.75, 3.05) is 46.4 Å². The van der Waals surface area contributed by atoms with Gasteiger partial charge in [-0.3, -0.25) is 9.80 Å². The van der Waals surface area contributed by atoms with Crippen molar-refractivity contribution in [2.45, 2.75) is 26.5 Å². The van der Waals surface area contributed by atoms with Crippen LogP contribution in [-0.4, -0.2) is 67.5 Å². The highest BCUT2D eigenvalue weighted by Gasteiger charge is 2.16. The molecule has 21 heavy (non-hydrogen) atoms. The first kappa shape index (κ1) is 16.4. The van der Waals surface area contributed by atoms with Gasteiger partial charge in [0.2, 0.25) is 0 Å². The summed E-state index contributed by atoms with van der Waals surface area (Å²) in [5.74, 6) is 0. The SMILES string of the molecule is Cc1cccc(C)c1CN(C)CC(O)CN1CCOCC1. The molecule has 0 bridgehead atoms. The van der Waals surface area contributed by atoms with Gasteiger partial charge in [-0.15, -0.1) is 0 Å². The Morgan fingerprint density at radius 2 is 1.86 bits per heavy atom. The molecule has 0 aromatic heterocycles. The second-order valence-corrected chi connectivity index (χ2v) is 6.13. The summed E-state index contributed by atoms with van der Waals surface area (Å²) in [6.07, 6.45) is -0.308. The van der Waals surface area contributed by atoms with E-state index in [0.717, 1.165) is 39.4 Å². The van der Waals surface area contributed by atoms with E-state index in [0.29, 0.717) is 6.54 Å². The van der Waals surface area contributed by atoms with Gasteiger partial charge in [-0.25, -0.2) is 0 Å². The summed E-state index contributed by atoms with van der Waals surface area (Å²) in [5, 5.41) is 10.3. The molecule has 1 saturated heterocycles. The number of aliphatic hydroxyl groups is 1. The highest BCUT2D eigenvalue weighted by Crippen LogP contribution is 2.15. The molecular weight excluding hydrogens is 264 g/mol. The Hall–Kier alpha value is -0.940. The van der Waals surface area contributed by atoms with Gasteiger partial charge in [0.1, 0.15) is 0 Å². The van der Waals surface area contributed by atoms with Crippen LogP contribution in [0.25, 0.3) is 0 Å². The van der Waals surface area contributed by atoms with Crippen LogP contribution >= 0.6 is 0 Å². The zero-order chi connectivity index (χ0) is 15.2. The summed E-state index contributed by atoms with van der Waals surface area (Å²) < 4.78 is 5.33. The largest absolute Gasteiger partial charge is 0.390 e. The molecule has 1 fully saturated rings. The van der Waals surface area contributed by atoms with Crippen molar-refractivity contribution >= 4 is 0 Å². The molecule has 118 valence electrons. The predicted octanol–water partition coefficient (Wildman–Crippen LogP) is 1.43. The normalized spacial score (nSPS) is 18.1. The molecule has 0 aliphatic carbocycles. The van der Waals surface area contributed by atoms with Gasteiger partial charge in [0.05, 0.1) is 19.3 Å². The van der Waals surface area contributed by atoms with Gasteiger partial charge in [-0.1, -0.05) is 18.2 Å². The average Bonchev–Trinajstić information content (AvgIpc) is 2.44. The summed E-state index contributed by atoms with van der Waals surface area (Å²) in [4.78, 5) is 4.49. The Morgan fingerprint density at radius 1 is 1.24 bits per heavy atom. The molecule has 0 radical (unpaired) electrons. The van der Waals surface area contributed by atoms with E-state index in [9.17, 15) is 5.11 Å². The molecule has 2 rings (SSSR count). The fourth-order valence-corrected chi connectivity index (χ4v) is 2.93. The fraction of sp³-hybridized carbons (Fsp3) is 0.647. The number of β-amino-alcohol motifs (C(OH)–C–C–N with tert-alkyl or cyclic N) is 1. The monoisotopic (exact) mass is 292 g/mol. The van der Waals surface area contributed by atoms with E-state index in [4.69, 9.17) is 4.74 Å². The maximum absolute atomic E-state index is 10.3. The van der Waals surface area contributed by atoms with Crippen molar-refractivity contribution < 1.29 is 9.84 Å². The molecule has 1 aromatic rings. The van der Waals surface area contributed by atoms with E-state index in [2.05, 4.69) is 48.9 Å². The zero-order valence-corrected chi connectivity index (χ0v) is 13.5. The Balaban J connectivity index is 1.81. The van der Waals surface area contributed by atoms with Crippen molar-refractivity contribution in [3.05, 3.63) is 34.9 Å². The van der Waals surface area contributed by atoms with Crippen LogP contribution in [0.5, 0.6) is 0 Å². The molecule has 1 N–H and O–H groups in total. The summed E-state index contributed by atoms with van der Waals surface area (Å²) in [7, 11) is 2.08. The van der Waals surface area contributed by atoms with Crippen LogP contribution in [0.1, 0.15) is 16.7 Å². The maximum atomic E-state index is 10.3. The van der Waals surface area contributed by atoms with Gasteiger partial charge in [0.15, 0.2) is 0 Å². The number of aryl methyl sites for hydroxylation is 2. The second-order valence-electron chi connectivity index (χ2n) is 6.13. The highest BCUT2D eigenvalue weighted by atomic mass is 16.5. The number of nitrogens with zero attached hydrogens (tertiary/aromatic N) is 2. The number of ether oxygens (including phenoxy) is 1. The summed E-state index contributed by atoms with van der Waals surface area (Å²) in [6.45, 7) is 10.1. The molecular formula is C17H28N2O2. The van der Waals surface area contributed by atoms with Crippen LogP contribution in [0.15, 0.2) is 18.2 Å². The minimum atomic E-state index is -0.308. The van der Waals surface area contributed by atoms with E-state index in [1.165, 1.54) is 16.7 Å². The number of hydrogen-bond donors (Lipinski definition) is 1. The molecule has 1 heterocycles. The molecule has 1 aliphatic heterocycles. The van der Waals surface area contributed by atoms with Crippen molar-refractivity contribution in [3.63, 3.8) is 0 Å². The molecule has 4 heteroatoms. The Labute approximate surface area is 128 Å². The quantitative estimate of drug-likeness (QED) is 0.860. The van der Waals surface area contributed by atoms with Crippen LogP contribution < -0.4 is 0 Å². The third-order valence-corrected chi connectivity index (χ3v) is 4.17. The summed E-state index contributed by atoms with van der Waals surface area (Å²) in [6, 6.07) is 6.40. The number of benzene rings is 1. The van der Waals surface area contributed by atoms with Gasteiger partial charge in [-0.05, 0) is 37.6 Å². The van der Waals surface area contributed by atoms with Gasteiger partial charge in [0, 0.05) is 32.7 Å². The molecule has 1 aliphatic rings. The van der Waals surface area contributed by atoms with Crippen LogP contribution in [0.3, 0.4) is 0 Å². The highest BCUT2D eigenvalue weighted by molar-refractivity contribution is 5.33. The minimum absolute atomic E-state index is 0.308. The number of morpholine rings is 1. The van der Waals surface area contributed by atoms with Crippen molar-refractivity contribution in [3.8, 4) is 0 Å². The summed E-state index contributed by atoms with van der Waals surface area (Å²) >= 11 is 0. The third kappa shape index (κ3) is 5.08. The first-order valence-corrected chi connectivity index (χ1v) is 7.78. The minimum Gasteiger partial charge on any atom is -0.390 e. The summed E-state index contributed by atoms with van der Waals surface area (Å²) in [5.41, 5.74) is 4.02. The number of aliphatic hydroxyl groups excluding tert-OH is 1. The van der Waals surface area contributed by atoms with Gasteiger partial charge in [-0.2, -0.15) is 0 Å². The lowest BCUT2D eigenvalue weighted by Gasteiger charge is -2.30. The molecule has 1 atom stereocenters. The van der Waals surface area contributed by atoms with E-state index in [1.807, 2.05) is 0 Å². The Morgan fingerprint density at radius 3 is 2.48 bits per heavy atom. The van der Waals surface area contributed by atoms with Crippen molar-refractivity contribution in [1.29, 1.82) is 0 Å². The molecule has 4 nitrogen and oxygen atoms in total. The fourth-order valence-electron chi connectivity index (χ4n) is 2.93. The van der Waals surface area contributed by atoms with Crippen molar-refractivity contribution in [2.24, 2.45) is 0 Å². The van der Waals surface area contributed by atoms with E-state index >= 15 is 0 Å². The first-order chi connectivity index (χ1) is 10.1.